The van der Waals surface area contributed by atoms with Gasteiger partial charge in [0.1, 0.15) is 0 Å². The Morgan fingerprint density at radius 2 is 1.80 bits per heavy atom. The zero-order chi connectivity index (χ0) is 10.3. The third-order valence-corrected chi connectivity index (χ3v) is 4.89. The molecule has 86 valence electrons. The van der Waals surface area contributed by atoms with Crippen molar-refractivity contribution in [2.75, 3.05) is 19.6 Å². The molecule has 3 rings (SSSR count). The second-order valence-electron chi connectivity index (χ2n) is 6.14. The molecule has 1 saturated heterocycles. The second-order valence-corrected chi connectivity index (χ2v) is 6.14. The molecule has 2 aliphatic carbocycles. The number of hydrogen-bond acceptors (Lipinski definition) is 2. The van der Waals surface area contributed by atoms with E-state index in [9.17, 15) is 5.11 Å². The summed E-state index contributed by atoms with van der Waals surface area (Å²) in [6.07, 6.45) is 9.26. The Morgan fingerprint density at radius 1 is 1.07 bits per heavy atom. The maximum absolute atomic E-state index is 9.91. The van der Waals surface area contributed by atoms with Gasteiger partial charge < -0.3 is 10.0 Å². The maximum atomic E-state index is 9.91. The first-order valence-corrected chi connectivity index (χ1v) is 6.68. The Morgan fingerprint density at radius 3 is 2.40 bits per heavy atom. The maximum Gasteiger partial charge on any atom is 0.0580 e. The number of nitrogens with zero attached hydrogens (tertiary/aromatic N) is 1. The van der Waals surface area contributed by atoms with Gasteiger partial charge in [0.25, 0.3) is 0 Å². The summed E-state index contributed by atoms with van der Waals surface area (Å²) >= 11 is 0. The molecule has 3 fully saturated rings. The fourth-order valence-electron chi connectivity index (χ4n) is 3.76. The molecule has 1 N–H and O–H groups in total. The summed E-state index contributed by atoms with van der Waals surface area (Å²) in [5.41, 5.74) is 0.750. The van der Waals surface area contributed by atoms with E-state index in [0.29, 0.717) is 5.92 Å². The Kier molecular flexibility index (Phi) is 2.52. The van der Waals surface area contributed by atoms with Crippen LogP contribution in [-0.2, 0) is 0 Å². The van der Waals surface area contributed by atoms with E-state index in [2.05, 4.69) is 4.90 Å². The minimum atomic E-state index is -0.00306. The molecule has 0 aromatic rings. The topological polar surface area (TPSA) is 23.5 Å². The van der Waals surface area contributed by atoms with Crippen molar-refractivity contribution < 1.29 is 5.11 Å². The summed E-state index contributed by atoms with van der Waals surface area (Å²) in [5.74, 6) is 0.580. The smallest absolute Gasteiger partial charge is 0.0580 e. The van der Waals surface area contributed by atoms with Gasteiger partial charge in [0, 0.05) is 19.6 Å². The van der Waals surface area contributed by atoms with Gasteiger partial charge in [0.15, 0.2) is 0 Å². The van der Waals surface area contributed by atoms with Crippen LogP contribution in [0.1, 0.15) is 44.9 Å². The highest BCUT2D eigenvalue weighted by atomic mass is 16.3. The number of aliphatic hydroxyl groups is 1. The SMILES string of the molecule is OC1CCCCC1CN1CC2(CCC2)C1. The molecular formula is C13H23NO. The molecule has 2 saturated carbocycles. The van der Waals surface area contributed by atoms with Crippen molar-refractivity contribution in [1.82, 2.24) is 4.90 Å². The van der Waals surface area contributed by atoms with Crippen LogP contribution < -0.4 is 0 Å². The zero-order valence-corrected chi connectivity index (χ0v) is 9.62. The molecule has 3 aliphatic rings. The lowest BCUT2D eigenvalue weighted by atomic mass is 9.63. The van der Waals surface area contributed by atoms with E-state index in [1.807, 2.05) is 0 Å². The number of aliphatic hydroxyl groups excluding tert-OH is 1. The largest absolute Gasteiger partial charge is 0.393 e. The highest BCUT2D eigenvalue weighted by molar-refractivity contribution is 5.01. The first kappa shape index (κ1) is 10.1. The Labute approximate surface area is 92.7 Å². The van der Waals surface area contributed by atoms with Crippen LogP contribution >= 0.6 is 0 Å². The molecule has 2 unspecified atom stereocenters. The number of hydrogen-bond donors (Lipinski definition) is 1. The van der Waals surface area contributed by atoms with Crippen molar-refractivity contribution in [2.24, 2.45) is 11.3 Å². The van der Waals surface area contributed by atoms with Crippen LogP contribution in [0.15, 0.2) is 0 Å². The molecule has 0 radical (unpaired) electrons. The van der Waals surface area contributed by atoms with Gasteiger partial charge in [0.2, 0.25) is 0 Å². The molecule has 2 atom stereocenters. The monoisotopic (exact) mass is 209 g/mol. The standard InChI is InChI=1S/C13H23NO/c15-12-5-2-1-4-11(12)8-14-9-13(10-14)6-3-7-13/h11-12,15H,1-10H2. The summed E-state index contributed by atoms with van der Waals surface area (Å²) < 4.78 is 0. The fourth-order valence-corrected chi connectivity index (χ4v) is 3.76. The molecule has 0 aromatic heterocycles. The van der Waals surface area contributed by atoms with Gasteiger partial charge in [-0.2, -0.15) is 0 Å². The lowest BCUT2D eigenvalue weighted by Gasteiger charge is -2.57. The van der Waals surface area contributed by atoms with E-state index in [0.717, 1.165) is 11.8 Å². The van der Waals surface area contributed by atoms with Gasteiger partial charge in [0.05, 0.1) is 6.10 Å². The molecule has 2 nitrogen and oxygen atoms in total. The molecule has 0 amide bonds. The molecule has 2 heteroatoms. The van der Waals surface area contributed by atoms with Crippen molar-refractivity contribution in [3.8, 4) is 0 Å². The van der Waals surface area contributed by atoms with Crippen LogP contribution in [0.2, 0.25) is 0 Å². The summed E-state index contributed by atoms with van der Waals surface area (Å²) in [6.45, 7) is 3.83. The van der Waals surface area contributed by atoms with Gasteiger partial charge in [-0.05, 0) is 37.0 Å². The van der Waals surface area contributed by atoms with Crippen LogP contribution in [0.4, 0.5) is 0 Å². The molecule has 0 bridgehead atoms. The first-order valence-electron chi connectivity index (χ1n) is 6.68. The van der Waals surface area contributed by atoms with Gasteiger partial charge in [-0.15, -0.1) is 0 Å². The van der Waals surface area contributed by atoms with Gasteiger partial charge in [-0.3, -0.25) is 0 Å². The van der Waals surface area contributed by atoms with E-state index in [1.54, 1.807) is 0 Å². The van der Waals surface area contributed by atoms with Crippen LogP contribution in [0, 0.1) is 11.3 Å². The summed E-state index contributed by atoms with van der Waals surface area (Å²) in [4.78, 5) is 2.58. The zero-order valence-electron chi connectivity index (χ0n) is 9.62. The minimum Gasteiger partial charge on any atom is -0.393 e. The van der Waals surface area contributed by atoms with E-state index in [-0.39, 0.29) is 6.10 Å². The number of rotatable bonds is 2. The van der Waals surface area contributed by atoms with Crippen LogP contribution in [0.25, 0.3) is 0 Å². The van der Waals surface area contributed by atoms with Crippen LogP contribution in [0.3, 0.4) is 0 Å². The average molecular weight is 209 g/mol. The molecule has 1 heterocycles. The minimum absolute atomic E-state index is 0.00306. The van der Waals surface area contributed by atoms with Crippen LogP contribution in [0.5, 0.6) is 0 Å². The molecule has 1 aliphatic heterocycles. The van der Waals surface area contributed by atoms with Crippen molar-refractivity contribution in [3.05, 3.63) is 0 Å². The Balaban J connectivity index is 1.45. The quantitative estimate of drug-likeness (QED) is 0.752. The van der Waals surface area contributed by atoms with Crippen molar-refractivity contribution in [1.29, 1.82) is 0 Å². The second kappa shape index (κ2) is 3.74. The predicted molar refractivity (Wildman–Crippen MR) is 60.7 cm³/mol. The Hall–Kier alpha value is -0.0800. The van der Waals surface area contributed by atoms with Crippen LogP contribution in [-0.4, -0.2) is 35.7 Å². The first-order chi connectivity index (χ1) is 7.27. The predicted octanol–water partition coefficient (Wildman–Crippen LogP) is 2.02. The fraction of sp³-hybridized carbons (Fsp3) is 1.00. The van der Waals surface area contributed by atoms with Gasteiger partial charge >= 0.3 is 0 Å². The third-order valence-electron chi connectivity index (χ3n) is 4.89. The lowest BCUT2D eigenvalue weighted by Crippen LogP contribution is -2.61. The summed E-state index contributed by atoms with van der Waals surface area (Å²) in [6, 6.07) is 0. The third kappa shape index (κ3) is 1.83. The van der Waals surface area contributed by atoms with Gasteiger partial charge in [-0.25, -0.2) is 0 Å². The van der Waals surface area contributed by atoms with E-state index >= 15 is 0 Å². The highest BCUT2D eigenvalue weighted by Gasteiger charge is 2.47. The molecule has 1 spiro atoms. The van der Waals surface area contributed by atoms with Crippen molar-refractivity contribution in [3.63, 3.8) is 0 Å². The highest BCUT2D eigenvalue weighted by Crippen LogP contribution is 2.48. The summed E-state index contributed by atoms with van der Waals surface area (Å²) in [5, 5.41) is 9.91. The number of likely N-dealkylation sites (tertiary alicyclic amines) is 1. The molecule has 0 aromatic carbocycles. The Bertz CT molecular complexity index is 229. The van der Waals surface area contributed by atoms with Crippen molar-refractivity contribution >= 4 is 0 Å². The van der Waals surface area contributed by atoms with E-state index < -0.39 is 0 Å². The van der Waals surface area contributed by atoms with E-state index in [1.165, 1.54) is 58.2 Å². The average Bonchev–Trinajstić information content (AvgIpc) is 2.10. The lowest BCUT2D eigenvalue weighted by molar-refractivity contribution is -0.0795. The molecular weight excluding hydrogens is 186 g/mol. The summed E-state index contributed by atoms with van der Waals surface area (Å²) in [7, 11) is 0. The van der Waals surface area contributed by atoms with Gasteiger partial charge in [-0.1, -0.05) is 19.3 Å². The van der Waals surface area contributed by atoms with E-state index in [4.69, 9.17) is 0 Å². The van der Waals surface area contributed by atoms with Crippen molar-refractivity contribution in [2.45, 2.75) is 51.0 Å². The normalized spacial score (nSPS) is 39.8. The molecule has 15 heavy (non-hydrogen) atoms.